The second-order valence-electron chi connectivity index (χ2n) is 6.76. The second-order valence-corrected chi connectivity index (χ2v) is 6.76. The average Bonchev–Trinajstić information content (AvgIpc) is 2.91. The number of aliphatic hydroxyl groups excluding tert-OH is 1. The first-order valence-electron chi connectivity index (χ1n) is 8.55. The summed E-state index contributed by atoms with van der Waals surface area (Å²) < 4.78 is 0. The topological polar surface area (TPSA) is 73.9 Å². The van der Waals surface area contributed by atoms with Gasteiger partial charge in [-0.25, -0.2) is 4.99 Å². The predicted octanol–water partition coefficient (Wildman–Crippen LogP) is 1.70. The highest BCUT2D eigenvalue weighted by Crippen LogP contribution is 2.17. The third-order valence-electron chi connectivity index (χ3n) is 4.21. The molecule has 1 aliphatic heterocycles. The van der Waals surface area contributed by atoms with Crippen molar-refractivity contribution in [2.45, 2.75) is 45.9 Å². The summed E-state index contributed by atoms with van der Waals surface area (Å²) >= 11 is 0. The first-order valence-corrected chi connectivity index (χ1v) is 8.55. The molecular formula is C18H30N4O. The smallest absolute Gasteiger partial charge is 0.188 e. The molecule has 5 heteroatoms. The van der Waals surface area contributed by atoms with Crippen LogP contribution in [0.2, 0.25) is 0 Å². The van der Waals surface area contributed by atoms with Gasteiger partial charge >= 0.3 is 0 Å². The summed E-state index contributed by atoms with van der Waals surface area (Å²) in [6, 6.07) is 8.33. The fourth-order valence-corrected chi connectivity index (χ4v) is 2.78. The molecule has 128 valence electrons. The minimum absolute atomic E-state index is 0.180. The fraction of sp³-hybridized carbons (Fsp3) is 0.611. The highest BCUT2D eigenvalue weighted by atomic mass is 16.3. The lowest BCUT2D eigenvalue weighted by molar-refractivity contribution is 0.174. The van der Waals surface area contributed by atoms with E-state index in [9.17, 15) is 5.11 Å². The summed E-state index contributed by atoms with van der Waals surface area (Å²) in [7, 11) is 0. The van der Waals surface area contributed by atoms with Gasteiger partial charge in [0.05, 0.1) is 12.6 Å². The highest BCUT2D eigenvalue weighted by molar-refractivity contribution is 5.77. The van der Waals surface area contributed by atoms with Crippen molar-refractivity contribution in [3.05, 3.63) is 35.4 Å². The molecule has 5 nitrogen and oxygen atoms in total. The summed E-state index contributed by atoms with van der Waals surface area (Å²) in [6.45, 7) is 8.42. The molecule has 1 unspecified atom stereocenters. The van der Waals surface area contributed by atoms with E-state index in [1.165, 1.54) is 11.1 Å². The van der Waals surface area contributed by atoms with Gasteiger partial charge in [-0.3, -0.25) is 4.90 Å². The normalized spacial score (nSPS) is 19.5. The number of benzene rings is 1. The number of hydrogen-bond donors (Lipinski definition) is 3. The van der Waals surface area contributed by atoms with E-state index in [4.69, 9.17) is 5.73 Å². The molecule has 1 aromatic rings. The van der Waals surface area contributed by atoms with Gasteiger partial charge < -0.3 is 16.2 Å². The summed E-state index contributed by atoms with van der Waals surface area (Å²) in [6.07, 6.45) is 1.78. The van der Waals surface area contributed by atoms with Gasteiger partial charge in [0.2, 0.25) is 0 Å². The number of hydrogen-bond acceptors (Lipinski definition) is 3. The van der Waals surface area contributed by atoms with Gasteiger partial charge in [0.15, 0.2) is 5.96 Å². The first kappa shape index (κ1) is 17.8. The SMILES string of the molecule is CC(C)CCNC(N)=NCc1ccccc1CN1CCC(O)C1. The van der Waals surface area contributed by atoms with Crippen LogP contribution in [0.3, 0.4) is 0 Å². The van der Waals surface area contributed by atoms with Gasteiger partial charge in [-0.1, -0.05) is 38.1 Å². The number of aliphatic hydroxyl groups is 1. The largest absolute Gasteiger partial charge is 0.392 e. The molecule has 0 spiro atoms. The summed E-state index contributed by atoms with van der Waals surface area (Å²) in [5.41, 5.74) is 8.40. The zero-order valence-electron chi connectivity index (χ0n) is 14.3. The van der Waals surface area contributed by atoms with Crippen LogP contribution in [0.4, 0.5) is 0 Å². The van der Waals surface area contributed by atoms with Crippen molar-refractivity contribution in [1.29, 1.82) is 0 Å². The summed E-state index contributed by atoms with van der Waals surface area (Å²) in [5, 5.41) is 12.8. The van der Waals surface area contributed by atoms with E-state index in [0.29, 0.717) is 18.4 Å². The molecule has 0 aliphatic carbocycles. The van der Waals surface area contributed by atoms with Crippen LogP contribution in [0.1, 0.15) is 37.8 Å². The molecular weight excluding hydrogens is 288 g/mol. The lowest BCUT2D eigenvalue weighted by Gasteiger charge is -2.17. The number of rotatable bonds is 7. The van der Waals surface area contributed by atoms with Crippen molar-refractivity contribution in [3.8, 4) is 0 Å². The van der Waals surface area contributed by atoms with E-state index < -0.39 is 0 Å². The van der Waals surface area contributed by atoms with Crippen LogP contribution in [0, 0.1) is 5.92 Å². The van der Waals surface area contributed by atoms with Crippen LogP contribution in [-0.2, 0) is 13.1 Å². The van der Waals surface area contributed by atoms with E-state index >= 15 is 0 Å². The van der Waals surface area contributed by atoms with E-state index in [-0.39, 0.29) is 6.10 Å². The molecule has 0 radical (unpaired) electrons. The molecule has 0 amide bonds. The van der Waals surface area contributed by atoms with Crippen molar-refractivity contribution in [1.82, 2.24) is 10.2 Å². The Kier molecular flexibility index (Phi) is 6.86. The standard InChI is InChI=1S/C18H30N4O/c1-14(2)7-9-20-18(19)21-11-15-5-3-4-6-16(15)12-22-10-8-17(23)13-22/h3-6,14,17,23H,7-13H2,1-2H3,(H3,19,20,21). The number of likely N-dealkylation sites (tertiary alicyclic amines) is 1. The van der Waals surface area contributed by atoms with Crippen LogP contribution in [0.15, 0.2) is 29.3 Å². The van der Waals surface area contributed by atoms with Gasteiger partial charge in [0.25, 0.3) is 0 Å². The Hall–Kier alpha value is -1.59. The first-order chi connectivity index (χ1) is 11.0. The van der Waals surface area contributed by atoms with Crippen LogP contribution >= 0.6 is 0 Å². The van der Waals surface area contributed by atoms with Crippen molar-refractivity contribution >= 4 is 5.96 Å². The number of nitrogens with one attached hydrogen (secondary N) is 1. The third kappa shape index (κ3) is 6.20. The average molecular weight is 318 g/mol. The molecule has 1 saturated heterocycles. The molecule has 1 fully saturated rings. The number of nitrogens with zero attached hydrogens (tertiary/aromatic N) is 2. The maximum Gasteiger partial charge on any atom is 0.188 e. The Balaban J connectivity index is 1.89. The van der Waals surface area contributed by atoms with Gasteiger partial charge in [0, 0.05) is 26.2 Å². The van der Waals surface area contributed by atoms with Gasteiger partial charge in [0.1, 0.15) is 0 Å². The molecule has 1 heterocycles. The van der Waals surface area contributed by atoms with E-state index in [1.54, 1.807) is 0 Å². The molecule has 23 heavy (non-hydrogen) atoms. The molecule has 2 rings (SSSR count). The van der Waals surface area contributed by atoms with Crippen molar-refractivity contribution in [2.75, 3.05) is 19.6 Å². The number of nitrogens with two attached hydrogens (primary N) is 1. The number of β-amino-alcohol motifs (C(OH)–C–C–N with tert-alkyl or cyclic N) is 1. The molecule has 1 aliphatic rings. The zero-order chi connectivity index (χ0) is 16.7. The second kappa shape index (κ2) is 8.89. The van der Waals surface area contributed by atoms with Crippen LogP contribution in [0.5, 0.6) is 0 Å². The Morgan fingerprint density at radius 3 is 2.78 bits per heavy atom. The van der Waals surface area contributed by atoms with Crippen LogP contribution in [-0.4, -0.2) is 41.7 Å². The molecule has 4 N–H and O–H groups in total. The zero-order valence-corrected chi connectivity index (χ0v) is 14.3. The molecule has 0 saturated carbocycles. The quantitative estimate of drug-likeness (QED) is 0.528. The monoisotopic (exact) mass is 318 g/mol. The molecule has 0 bridgehead atoms. The Labute approximate surface area is 139 Å². The van der Waals surface area contributed by atoms with Gasteiger partial charge in [-0.15, -0.1) is 0 Å². The van der Waals surface area contributed by atoms with Crippen LogP contribution < -0.4 is 11.1 Å². The van der Waals surface area contributed by atoms with Gasteiger partial charge in [-0.2, -0.15) is 0 Å². The molecule has 1 aromatic carbocycles. The van der Waals surface area contributed by atoms with Crippen molar-refractivity contribution in [2.24, 2.45) is 16.6 Å². The summed E-state index contributed by atoms with van der Waals surface area (Å²) in [5.74, 6) is 1.17. The minimum Gasteiger partial charge on any atom is -0.392 e. The fourth-order valence-electron chi connectivity index (χ4n) is 2.78. The number of guanidine groups is 1. The van der Waals surface area contributed by atoms with E-state index in [2.05, 4.69) is 47.3 Å². The predicted molar refractivity (Wildman–Crippen MR) is 95.1 cm³/mol. The Morgan fingerprint density at radius 2 is 2.13 bits per heavy atom. The maximum atomic E-state index is 9.66. The third-order valence-corrected chi connectivity index (χ3v) is 4.21. The molecule has 1 atom stereocenters. The summed E-state index contributed by atoms with van der Waals surface area (Å²) in [4.78, 5) is 6.75. The van der Waals surface area contributed by atoms with Crippen molar-refractivity contribution in [3.63, 3.8) is 0 Å². The van der Waals surface area contributed by atoms with Crippen molar-refractivity contribution < 1.29 is 5.11 Å². The lowest BCUT2D eigenvalue weighted by Crippen LogP contribution is -2.33. The number of aliphatic imine (C=N–C) groups is 1. The molecule has 0 aromatic heterocycles. The lowest BCUT2D eigenvalue weighted by atomic mass is 10.1. The Bertz CT molecular complexity index is 515. The van der Waals surface area contributed by atoms with Gasteiger partial charge in [-0.05, 0) is 29.9 Å². The minimum atomic E-state index is -0.180. The highest BCUT2D eigenvalue weighted by Gasteiger charge is 2.20. The van der Waals surface area contributed by atoms with Crippen LogP contribution in [0.25, 0.3) is 0 Å². The Morgan fingerprint density at radius 1 is 1.39 bits per heavy atom. The maximum absolute atomic E-state index is 9.66. The van der Waals surface area contributed by atoms with E-state index in [1.807, 2.05) is 6.07 Å². The van der Waals surface area contributed by atoms with E-state index in [0.717, 1.165) is 39.0 Å².